The minimum absolute atomic E-state index is 0.00576. The van der Waals surface area contributed by atoms with Gasteiger partial charge < -0.3 is 4.74 Å². The largest absolute Gasteiger partial charge is 0.461 e. The summed E-state index contributed by atoms with van der Waals surface area (Å²) in [4.78, 5) is 12.4. The second-order valence-corrected chi connectivity index (χ2v) is 4.77. The number of benzene rings is 1. The first-order chi connectivity index (χ1) is 9.08. The maximum absolute atomic E-state index is 5.90. The Balaban J connectivity index is 2.34. The molecule has 2 rings (SSSR count). The average Bonchev–Trinajstić information content (AvgIpc) is 2.37. The summed E-state index contributed by atoms with van der Waals surface area (Å²) in [6.45, 7) is 5.93. The Morgan fingerprint density at radius 3 is 2.37 bits per heavy atom. The molecule has 0 bridgehead atoms. The topological polar surface area (TPSA) is 47.9 Å². The Morgan fingerprint density at radius 1 is 1.11 bits per heavy atom. The van der Waals surface area contributed by atoms with Gasteiger partial charge in [-0.15, -0.1) is 0 Å². The van der Waals surface area contributed by atoms with Crippen LogP contribution >= 0.6 is 11.6 Å². The molecule has 0 aliphatic heterocycles. The highest BCUT2D eigenvalue weighted by molar-refractivity contribution is 6.28. The molecule has 19 heavy (non-hydrogen) atoms. The van der Waals surface area contributed by atoms with E-state index in [0.717, 1.165) is 12.0 Å². The third-order valence-electron chi connectivity index (χ3n) is 2.55. The molecule has 100 valence electrons. The standard InChI is InChI=1S/C14H16ClN3O/c1-4-10-5-7-11(8-6-10)12-16-13(15)18-14(17-12)19-9(2)3/h5-9H,4H2,1-3H3. The van der Waals surface area contributed by atoms with Gasteiger partial charge in [-0.1, -0.05) is 31.2 Å². The van der Waals surface area contributed by atoms with Gasteiger partial charge in [-0.05, 0) is 37.4 Å². The highest BCUT2D eigenvalue weighted by Crippen LogP contribution is 2.20. The van der Waals surface area contributed by atoms with E-state index in [2.05, 4.69) is 34.0 Å². The molecule has 0 fully saturated rings. The molecule has 4 nitrogen and oxygen atoms in total. The summed E-state index contributed by atoms with van der Waals surface area (Å²) in [5.74, 6) is 0.526. The molecule has 1 aromatic heterocycles. The van der Waals surface area contributed by atoms with E-state index in [9.17, 15) is 0 Å². The van der Waals surface area contributed by atoms with Crippen molar-refractivity contribution in [3.63, 3.8) is 0 Å². The quantitative estimate of drug-likeness (QED) is 0.858. The van der Waals surface area contributed by atoms with Crippen LogP contribution in [0.5, 0.6) is 6.01 Å². The molecule has 0 spiro atoms. The van der Waals surface area contributed by atoms with Gasteiger partial charge in [0.05, 0.1) is 6.10 Å². The van der Waals surface area contributed by atoms with Gasteiger partial charge in [0, 0.05) is 5.56 Å². The molecule has 0 saturated heterocycles. The molecule has 0 saturated carbocycles. The summed E-state index contributed by atoms with van der Waals surface area (Å²) in [5, 5.41) is 0.139. The van der Waals surface area contributed by atoms with Crippen molar-refractivity contribution >= 4 is 11.6 Å². The zero-order valence-corrected chi connectivity index (χ0v) is 12.0. The monoisotopic (exact) mass is 277 g/mol. The van der Waals surface area contributed by atoms with Crippen molar-refractivity contribution in [2.75, 3.05) is 0 Å². The third-order valence-corrected chi connectivity index (χ3v) is 2.72. The molecule has 0 radical (unpaired) electrons. The van der Waals surface area contributed by atoms with Crippen molar-refractivity contribution in [3.8, 4) is 17.4 Å². The van der Waals surface area contributed by atoms with Gasteiger partial charge in [0.25, 0.3) is 0 Å². The number of halogens is 1. The zero-order chi connectivity index (χ0) is 13.8. The molecule has 0 unspecified atom stereocenters. The van der Waals surface area contributed by atoms with Crippen LogP contribution in [0.1, 0.15) is 26.3 Å². The lowest BCUT2D eigenvalue weighted by atomic mass is 10.1. The molecule has 0 aliphatic carbocycles. The number of hydrogen-bond donors (Lipinski definition) is 0. The number of aromatic nitrogens is 3. The van der Waals surface area contributed by atoms with Crippen LogP contribution in [-0.2, 0) is 6.42 Å². The van der Waals surface area contributed by atoms with E-state index in [-0.39, 0.29) is 17.4 Å². The van der Waals surface area contributed by atoms with E-state index in [1.807, 2.05) is 26.0 Å². The first-order valence-corrected chi connectivity index (χ1v) is 6.64. The summed E-state index contributed by atoms with van der Waals surface area (Å²) < 4.78 is 5.46. The van der Waals surface area contributed by atoms with E-state index in [0.29, 0.717) is 5.82 Å². The van der Waals surface area contributed by atoms with Crippen LogP contribution < -0.4 is 4.74 Å². The predicted molar refractivity (Wildman–Crippen MR) is 75.4 cm³/mol. The normalized spacial score (nSPS) is 10.8. The van der Waals surface area contributed by atoms with Crippen LogP contribution in [0, 0.1) is 0 Å². The maximum atomic E-state index is 5.90. The van der Waals surface area contributed by atoms with Gasteiger partial charge in [-0.25, -0.2) is 0 Å². The molecule has 1 heterocycles. The van der Waals surface area contributed by atoms with Gasteiger partial charge in [0.1, 0.15) is 0 Å². The molecular formula is C14H16ClN3O. The average molecular weight is 278 g/mol. The van der Waals surface area contributed by atoms with Crippen LogP contribution in [0.15, 0.2) is 24.3 Å². The first-order valence-electron chi connectivity index (χ1n) is 6.26. The number of ether oxygens (including phenoxy) is 1. The Morgan fingerprint density at radius 2 is 1.79 bits per heavy atom. The van der Waals surface area contributed by atoms with Crippen molar-refractivity contribution in [1.29, 1.82) is 0 Å². The lowest BCUT2D eigenvalue weighted by Crippen LogP contribution is -2.09. The van der Waals surface area contributed by atoms with Gasteiger partial charge in [0.15, 0.2) is 5.82 Å². The predicted octanol–water partition coefficient (Wildman–Crippen LogP) is 3.54. The molecular weight excluding hydrogens is 262 g/mol. The summed E-state index contributed by atoms with van der Waals surface area (Å²) >= 11 is 5.90. The van der Waals surface area contributed by atoms with E-state index in [1.54, 1.807) is 0 Å². The lowest BCUT2D eigenvalue weighted by Gasteiger charge is -2.09. The number of rotatable bonds is 4. The Bertz CT molecular complexity index is 555. The minimum Gasteiger partial charge on any atom is -0.461 e. The molecule has 0 N–H and O–H groups in total. The van der Waals surface area contributed by atoms with Crippen LogP contribution in [0.25, 0.3) is 11.4 Å². The van der Waals surface area contributed by atoms with Crippen LogP contribution in [0.2, 0.25) is 5.28 Å². The summed E-state index contributed by atoms with van der Waals surface area (Å²) in [6, 6.07) is 8.31. The molecule has 0 atom stereocenters. The highest BCUT2D eigenvalue weighted by Gasteiger charge is 2.09. The number of aryl methyl sites for hydroxylation is 1. The van der Waals surface area contributed by atoms with E-state index in [1.165, 1.54) is 5.56 Å². The second kappa shape index (κ2) is 5.97. The molecule has 0 aliphatic rings. The molecule has 0 amide bonds. The fourth-order valence-corrected chi connectivity index (χ4v) is 1.77. The maximum Gasteiger partial charge on any atom is 0.321 e. The Hall–Kier alpha value is -1.68. The number of nitrogens with zero attached hydrogens (tertiary/aromatic N) is 3. The Kier molecular flexibility index (Phi) is 4.32. The van der Waals surface area contributed by atoms with Crippen LogP contribution in [0.4, 0.5) is 0 Å². The van der Waals surface area contributed by atoms with Crippen molar-refractivity contribution in [1.82, 2.24) is 15.0 Å². The molecule has 5 heteroatoms. The fraction of sp³-hybridized carbons (Fsp3) is 0.357. The first kappa shape index (κ1) is 13.7. The smallest absolute Gasteiger partial charge is 0.321 e. The van der Waals surface area contributed by atoms with Crippen molar-refractivity contribution in [3.05, 3.63) is 35.1 Å². The molecule has 2 aromatic rings. The van der Waals surface area contributed by atoms with Gasteiger partial charge >= 0.3 is 6.01 Å². The Labute approximate surface area is 117 Å². The van der Waals surface area contributed by atoms with E-state index < -0.39 is 0 Å². The minimum atomic E-state index is -0.00576. The second-order valence-electron chi connectivity index (χ2n) is 4.43. The van der Waals surface area contributed by atoms with Crippen LogP contribution in [0.3, 0.4) is 0 Å². The summed E-state index contributed by atoms with van der Waals surface area (Å²) in [6.07, 6.45) is 0.994. The SMILES string of the molecule is CCc1ccc(-c2nc(Cl)nc(OC(C)C)n2)cc1. The van der Waals surface area contributed by atoms with Gasteiger partial charge in [-0.2, -0.15) is 15.0 Å². The van der Waals surface area contributed by atoms with Crippen molar-refractivity contribution in [2.24, 2.45) is 0 Å². The van der Waals surface area contributed by atoms with E-state index in [4.69, 9.17) is 16.3 Å². The van der Waals surface area contributed by atoms with Crippen molar-refractivity contribution in [2.45, 2.75) is 33.3 Å². The summed E-state index contributed by atoms with van der Waals surface area (Å²) in [5.41, 5.74) is 2.16. The fourth-order valence-electron chi connectivity index (χ4n) is 1.61. The highest BCUT2D eigenvalue weighted by atomic mass is 35.5. The van der Waals surface area contributed by atoms with Crippen LogP contribution in [-0.4, -0.2) is 21.1 Å². The summed E-state index contributed by atoms with van der Waals surface area (Å²) in [7, 11) is 0. The number of hydrogen-bond acceptors (Lipinski definition) is 4. The molecule has 1 aromatic carbocycles. The zero-order valence-electron chi connectivity index (χ0n) is 11.2. The lowest BCUT2D eigenvalue weighted by molar-refractivity contribution is 0.222. The van der Waals surface area contributed by atoms with Crippen molar-refractivity contribution < 1.29 is 4.74 Å². The van der Waals surface area contributed by atoms with E-state index >= 15 is 0 Å². The third kappa shape index (κ3) is 3.64. The van der Waals surface area contributed by atoms with Gasteiger partial charge in [-0.3, -0.25) is 0 Å². The van der Waals surface area contributed by atoms with Gasteiger partial charge in [0.2, 0.25) is 5.28 Å².